The van der Waals surface area contributed by atoms with Crippen molar-refractivity contribution in [1.29, 1.82) is 5.26 Å². The van der Waals surface area contributed by atoms with Crippen molar-refractivity contribution >= 4 is 12.2 Å². The Hall–Kier alpha value is -3.87. The minimum Gasteiger partial charge on any atom is -0.319 e. The van der Waals surface area contributed by atoms with Crippen LogP contribution in [0.25, 0.3) is 0 Å². The highest BCUT2D eigenvalue weighted by molar-refractivity contribution is 5.88. The van der Waals surface area contributed by atoms with Crippen molar-refractivity contribution in [3.63, 3.8) is 0 Å². The summed E-state index contributed by atoms with van der Waals surface area (Å²) < 4.78 is 7.86. The molecule has 3 aliphatic heterocycles. The van der Waals surface area contributed by atoms with Crippen LogP contribution in [0.2, 0.25) is 0 Å². The molecule has 3 aromatic rings. The third kappa shape index (κ3) is 3.39. The molecule has 2 saturated heterocycles. The van der Waals surface area contributed by atoms with Gasteiger partial charge in [0.1, 0.15) is 11.6 Å². The molecule has 0 bridgehead atoms. The van der Waals surface area contributed by atoms with Gasteiger partial charge in [-0.25, -0.2) is 0 Å². The summed E-state index contributed by atoms with van der Waals surface area (Å²) in [5.41, 5.74) is 2.09. The van der Waals surface area contributed by atoms with Gasteiger partial charge in [0.05, 0.1) is 20.1 Å². The molecule has 3 unspecified atom stereocenters. The standard InChI is InChI=1S/C32H33N6O2/c1-39-38(28-19-11-12-20-28)24-37-23-36-22-35-29(30(38)34-21-33)32(36,37)40-31(25-13-5-2-6-14-25,26-15-7-3-8-16-26)27-17-9-4-10-18-27/h2-10,13-18,22,28-29H,11-12,19-20,23-24H2,1H3/q+1. The number of nitrogens with zero attached hydrogens (tertiary/aromatic N) is 6. The zero-order valence-corrected chi connectivity index (χ0v) is 22.6. The fourth-order valence-corrected chi connectivity index (χ4v) is 7.32. The molecule has 0 spiro atoms. The number of quaternary nitrogens is 1. The van der Waals surface area contributed by atoms with E-state index in [9.17, 15) is 5.26 Å². The summed E-state index contributed by atoms with van der Waals surface area (Å²) >= 11 is 0. The van der Waals surface area contributed by atoms with Gasteiger partial charge in [0.2, 0.25) is 18.1 Å². The fraction of sp³-hybridized carbons (Fsp3) is 0.344. The first-order chi connectivity index (χ1) is 19.7. The Balaban J connectivity index is 1.44. The van der Waals surface area contributed by atoms with E-state index in [-0.39, 0.29) is 10.7 Å². The number of hydrogen-bond acceptors (Lipinski definition) is 7. The summed E-state index contributed by atoms with van der Waals surface area (Å²) in [4.78, 5) is 20.3. The van der Waals surface area contributed by atoms with Crippen molar-refractivity contribution in [2.45, 2.75) is 49.2 Å². The van der Waals surface area contributed by atoms with E-state index >= 15 is 0 Å². The van der Waals surface area contributed by atoms with E-state index in [2.05, 4.69) is 93.8 Å². The predicted molar refractivity (Wildman–Crippen MR) is 151 cm³/mol. The molecule has 202 valence electrons. The smallest absolute Gasteiger partial charge is 0.279 e. The molecule has 0 N–H and O–H groups in total. The van der Waals surface area contributed by atoms with Gasteiger partial charge in [0, 0.05) is 12.8 Å². The highest BCUT2D eigenvalue weighted by atomic mass is 16.7. The fourth-order valence-electron chi connectivity index (χ4n) is 7.32. The van der Waals surface area contributed by atoms with Crippen LogP contribution in [0.1, 0.15) is 42.4 Å². The van der Waals surface area contributed by atoms with Crippen molar-refractivity contribution in [1.82, 2.24) is 9.80 Å². The molecule has 1 aliphatic carbocycles. The Morgan fingerprint density at radius 3 is 1.98 bits per heavy atom. The molecule has 3 heterocycles. The second kappa shape index (κ2) is 9.65. The normalized spacial score (nSPS) is 28.9. The first-order valence-electron chi connectivity index (χ1n) is 14.0. The van der Waals surface area contributed by atoms with Crippen LogP contribution in [0, 0.1) is 11.5 Å². The first kappa shape index (κ1) is 25.1. The third-order valence-corrected chi connectivity index (χ3v) is 9.16. The minimum atomic E-state index is -0.962. The zero-order valence-electron chi connectivity index (χ0n) is 22.6. The number of rotatable bonds is 7. The summed E-state index contributed by atoms with van der Waals surface area (Å²) in [6.07, 6.45) is 8.31. The van der Waals surface area contributed by atoms with Gasteiger partial charge in [0.15, 0.2) is 6.67 Å². The Kier molecular flexibility index (Phi) is 6.06. The van der Waals surface area contributed by atoms with Gasteiger partial charge in [-0.15, -0.1) is 9.64 Å². The molecule has 1 saturated carbocycles. The molecular weight excluding hydrogens is 500 g/mol. The predicted octanol–water partition coefficient (Wildman–Crippen LogP) is 4.81. The van der Waals surface area contributed by atoms with E-state index < -0.39 is 17.5 Å². The van der Waals surface area contributed by atoms with Crippen LogP contribution in [-0.2, 0) is 15.2 Å². The molecule has 8 heteroatoms. The monoisotopic (exact) mass is 533 g/mol. The van der Waals surface area contributed by atoms with Crippen LogP contribution >= 0.6 is 0 Å². The average Bonchev–Trinajstić information content (AvgIpc) is 3.66. The summed E-state index contributed by atoms with van der Waals surface area (Å²) in [6.45, 7) is 1.19. The number of aliphatic imine (C=N–C) groups is 2. The van der Waals surface area contributed by atoms with E-state index in [1.54, 1.807) is 7.11 Å². The summed E-state index contributed by atoms with van der Waals surface area (Å²) in [7, 11) is 1.73. The van der Waals surface area contributed by atoms with Crippen LogP contribution in [0.4, 0.5) is 0 Å². The molecule has 3 aromatic carbocycles. The quantitative estimate of drug-likeness (QED) is 0.248. The largest absolute Gasteiger partial charge is 0.319 e. The van der Waals surface area contributed by atoms with E-state index in [0.29, 0.717) is 19.2 Å². The second-order valence-corrected chi connectivity index (χ2v) is 11.0. The van der Waals surface area contributed by atoms with E-state index in [1.807, 2.05) is 24.5 Å². The highest BCUT2D eigenvalue weighted by Gasteiger charge is 2.75. The number of amidine groups is 1. The molecule has 40 heavy (non-hydrogen) atoms. The molecule has 7 rings (SSSR count). The lowest BCUT2D eigenvalue weighted by Gasteiger charge is -2.64. The third-order valence-electron chi connectivity index (χ3n) is 9.16. The van der Waals surface area contributed by atoms with Gasteiger partial charge in [-0.1, -0.05) is 91.0 Å². The van der Waals surface area contributed by atoms with E-state index in [1.165, 1.54) is 0 Å². The topological polar surface area (TPSA) is 73.5 Å². The number of hydrogen-bond donors (Lipinski definition) is 0. The van der Waals surface area contributed by atoms with Gasteiger partial charge >= 0.3 is 0 Å². The van der Waals surface area contributed by atoms with Crippen molar-refractivity contribution in [3.8, 4) is 6.19 Å². The number of hydroxylamine groups is 3. The maximum absolute atomic E-state index is 9.91. The molecule has 0 radical (unpaired) electrons. The summed E-state index contributed by atoms with van der Waals surface area (Å²) in [6, 6.07) is 30.8. The Labute approximate surface area is 234 Å². The summed E-state index contributed by atoms with van der Waals surface area (Å²) in [5.74, 6) is -0.342. The highest BCUT2D eigenvalue weighted by Crippen LogP contribution is 2.54. The van der Waals surface area contributed by atoms with Crippen LogP contribution in [-0.4, -0.2) is 65.0 Å². The molecule has 4 aliphatic rings. The van der Waals surface area contributed by atoms with Gasteiger partial charge in [-0.05, 0) is 29.5 Å². The average molecular weight is 534 g/mol. The van der Waals surface area contributed by atoms with Crippen LogP contribution in [0.5, 0.6) is 0 Å². The van der Waals surface area contributed by atoms with Gasteiger partial charge < -0.3 is 9.64 Å². The molecule has 0 aromatic heterocycles. The van der Waals surface area contributed by atoms with Crippen molar-refractivity contribution in [2.75, 3.05) is 20.4 Å². The SMILES string of the molecule is CO[N+]1(C2CCCC2)CN2CN3C=NC(C1=NC#N)C32OC(c1ccccc1)(c1ccccc1)c1ccccc1. The van der Waals surface area contributed by atoms with Crippen molar-refractivity contribution in [2.24, 2.45) is 9.98 Å². The van der Waals surface area contributed by atoms with Gasteiger partial charge in [-0.3, -0.25) is 4.99 Å². The molecule has 0 amide bonds. The molecule has 8 nitrogen and oxygen atoms in total. The molecule has 3 atom stereocenters. The lowest BCUT2D eigenvalue weighted by atomic mass is 9.79. The zero-order chi connectivity index (χ0) is 27.2. The first-order valence-corrected chi connectivity index (χ1v) is 14.0. The second-order valence-electron chi connectivity index (χ2n) is 11.0. The van der Waals surface area contributed by atoms with Gasteiger partial charge in [0.25, 0.3) is 5.84 Å². The lowest BCUT2D eigenvalue weighted by molar-refractivity contribution is -1.06. The minimum absolute atomic E-state index is 0.198. The van der Waals surface area contributed by atoms with Crippen molar-refractivity contribution in [3.05, 3.63) is 108 Å². The molecule has 3 fully saturated rings. The van der Waals surface area contributed by atoms with Gasteiger partial charge in [-0.2, -0.15) is 15.0 Å². The Morgan fingerprint density at radius 1 is 0.925 bits per heavy atom. The van der Waals surface area contributed by atoms with E-state index in [4.69, 9.17) is 14.6 Å². The lowest BCUT2D eigenvalue weighted by Crippen LogP contribution is -2.87. The summed E-state index contributed by atoms with van der Waals surface area (Å²) in [5, 5.41) is 9.91. The maximum atomic E-state index is 9.91. The molecular formula is C32H33N6O2+. The maximum Gasteiger partial charge on any atom is 0.279 e. The van der Waals surface area contributed by atoms with Crippen molar-refractivity contribution < 1.29 is 14.2 Å². The Morgan fingerprint density at radius 2 is 1.48 bits per heavy atom. The number of ether oxygens (including phenoxy) is 1. The Bertz CT molecular complexity index is 1370. The number of nitriles is 1. The van der Waals surface area contributed by atoms with Crippen LogP contribution in [0.3, 0.4) is 0 Å². The van der Waals surface area contributed by atoms with E-state index in [0.717, 1.165) is 42.4 Å². The number of benzene rings is 3. The van der Waals surface area contributed by atoms with Crippen LogP contribution in [0.15, 0.2) is 101 Å². The van der Waals surface area contributed by atoms with Crippen LogP contribution < -0.4 is 0 Å².